The summed E-state index contributed by atoms with van der Waals surface area (Å²) in [5.74, 6) is -0.0780. The molecule has 30 heavy (non-hydrogen) atoms. The number of amides is 1. The average Bonchev–Trinajstić information content (AvgIpc) is 2.61. The van der Waals surface area contributed by atoms with Crippen LogP contribution >= 0.6 is 23.2 Å². The number of ether oxygens (including phenoxy) is 1. The van der Waals surface area contributed by atoms with Crippen LogP contribution in [0.4, 0.5) is 11.4 Å². The molecule has 10 heteroatoms. The third-order valence-electron chi connectivity index (χ3n) is 4.10. The summed E-state index contributed by atoms with van der Waals surface area (Å²) in [6.07, 6.45) is -0.211. The summed E-state index contributed by atoms with van der Waals surface area (Å²) >= 11 is 11.8. The van der Waals surface area contributed by atoms with Gasteiger partial charge in [0, 0.05) is 36.2 Å². The molecule has 3 N–H and O–H groups in total. The van der Waals surface area contributed by atoms with Crippen molar-refractivity contribution >= 4 is 53.5 Å². The molecule has 1 amide bonds. The molecule has 0 heterocycles. The predicted molar refractivity (Wildman–Crippen MR) is 125 cm³/mol. The Labute approximate surface area is 189 Å². The van der Waals surface area contributed by atoms with Crippen LogP contribution in [0.25, 0.3) is 0 Å². The van der Waals surface area contributed by atoms with E-state index in [-0.39, 0.29) is 6.42 Å². The summed E-state index contributed by atoms with van der Waals surface area (Å²) in [6, 6.07) is 4.73. The van der Waals surface area contributed by atoms with Crippen molar-refractivity contribution in [3.05, 3.63) is 23.8 Å². The molecule has 1 aromatic carbocycles. The number of nitrogens with zero attached hydrogens (tertiary/aromatic N) is 1. The molecule has 7 nitrogen and oxygen atoms in total. The number of esters is 1. The fraction of sp³-hybridized carbons (Fsp3) is 0.600. The Morgan fingerprint density at radius 2 is 1.83 bits per heavy atom. The topological polar surface area (TPSA) is 90.9 Å². The van der Waals surface area contributed by atoms with Gasteiger partial charge in [-0.3, -0.25) is 9.59 Å². The number of aryl methyl sites for hydroxylation is 1. The molecule has 0 radical (unpaired) electrons. The summed E-state index contributed by atoms with van der Waals surface area (Å²) in [6.45, 7) is 9.86. The standard InChI is InChI=1S/C20H32BCl2N3O4/c1-14-6-7-15(26(10-8-22)11-9-23)12-16(14)24-19(28)17(25-21(5)29)13-18(27)30-20(2,3)4/h6-7,12,17,25,29H,8-11,13H2,1-5H3,(H,24,28)/t17-/m0/s1. The van der Waals surface area contributed by atoms with Crippen molar-refractivity contribution in [3.63, 3.8) is 0 Å². The lowest BCUT2D eigenvalue weighted by Crippen LogP contribution is -2.48. The maximum absolute atomic E-state index is 12.9. The molecular formula is C20H32BCl2N3O4. The first-order valence-corrected chi connectivity index (χ1v) is 11.0. The molecular weight excluding hydrogens is 428 g/mol. The van der Waals surface area contributed by atoms with Crippen molar-refractivity contribution in [3.8, 4) is 0 Å². The number of anilines is 2. The van der Waals surface area contributed by atoms with E-state index in [0.717, 1.165) is 11.3 Å². The van der Waals surface area contributed by atoms with Gasteiger partial charge in [0.1, 0.15) is 5.60 Å². The van der Waals surface area contributed by atoms with Crippen molar-refractivity contribution in [2.45, 2.75) is 52.6 Å². The number of rotatable bonds is 11. The van der Waals surface area contributed by atoms with Gasteiger partial charge in [0.25, 0.3) is 0 Å². The molecule has 0 saturated heterocycles. The molecule has 1 aromatic rings. The van der Waals surface area contributed by atoms with E-state index in [1.807, 2.05) is 30.0 Å². The minimum Gasteiger partial charge on any atom is -0.460 e. The number of carbonyl (C=O) groups is 2. The minimum atomic E-state index is -0.974. The zero-order valence-electron chi connectivity index (χ0n) is 18.3. The van der Waals surface area contributed by atoms with Crippen molar-refractivity contribution in [2.75, 3.05) is 35.1 Å². The molecule has 0 aromatic heterocycles. The van der Waals surface area contributed by atoms with E-state index in [2.05, 4.69) is 10.5 Å². The van der Waals surface area contributed by atoms with Gasteiger partial charge in [0.15, 0.2) is 0 Å². The monoisotopic (exact) mass is 459 g/mol. The highest BCUT2D eigenvalue weighted by atomic mass is 35.5. The highest BCUT2D eigenvalue weighted by Crippen LogP contribution is 2.24. The van der Waals surface area contributed by atoms with E-state index in [0.29, 0.717) is 30.5 Å². The van der Waals surface area contributed by atoms with Crippen molar-refractivity contribution in [2.24, 2.45) is 0 Å². The molecule has 0 saturated carbocycles. The Hall–Kier alpha value is -1.48. The Bertz CT molecular complexity index is 708. The summed E-state index contributed by atoms with van der Waals surface area (Å²) in [4.78, 5) is 27.1. The van der Waals surface area contributed by atoms with Gasteiger partial charge in [-0.25, -0.2) is 0 Å². The first-order valence-electron chi connectivity index (χ1n) is 9.91. The zero-order valence-corrected chi connectivity index (χ0v) is 19.8. The molecule has 0 aliphatic rings. The van der Waals surface area contributed by atoms with Crippen LogP contribution in [-0.4, -0.2) is 60.4 Å². The van der Waals surface area contributed by atoms with Crippen LogP contribution in [0.15, 0.2) is 18.2 Å². The Morgan fingerprint density at radius 3 is 2.33 bits per heavy atom. The van der Waals surface area contributed by atoms with Crippen LogP contribution in [0, 0.1) is 6.92 Å². The third-order valence-corrected chi connectivity index (χ3v) is 4.44. The lowest BCUT2D eigenvalue weighted by Gasteiger charge is -2.25. The molecule has 168 valence electrons. The van der Waals surface area contributed by atoms with Gasteiger partial charge in [-0.1, -0.05) is 6.07 Å². The molecule has 1 atom stereocenters. The van der Waals surface area contributed by atoms with Crippen molar-refractivity contribution in [1.82, 2.24) is 5.23 Å². The highest BCUT2D eigenvalue weighted by Gasteiger charge is 2.27. The van der Waals surface area contributed by atoms with Gasteiger partial charge in [-0.15, -0.1) is 23.2 Å². The molecule has 0 aliphatic carbocycles. The molecule has 0 aliphatic heterocycles. The second-order valence-electron chi connectivity index (χ2n) is 8.04. The number of hydrogen-bond acceptors (Lipinski definition) is 6. The van der Waals surface area contributed by atoms with E-state index in [4.69, 9.17) is 27.9 Å². The maximum Gasteiger partial charge on any atom is 0.374 e. The van der Waals surface area contributed by atoms with E-state index < -0.39 is 30.6 Å². The second-order valence-corrected chi connectivity index (χ2v) is 8.80. The summed E-state index contributed by atoms with van der Waals surface area (Å²) < 4.78 is 5.31. The summed E-state index contributed by atoms with van der Waals surface area (Å²) in [5, 5.41) is 15.3. The lowest BCUT2D eigenvalue weighted by molar-refractivity contribution is -0.156. The smallest absolute Gasteiger partial charge is 0.374 e. The lowest BCUT2D eigenvalue weighted by atomic mass is 9.86. The number of benzene rings is 1. The second kappa shape index (κ2) is 12.4. The summed E-state index contributed by atoms with van der Waals surface area (Å²) in [7, 11) is -0.974. The fourth-order valence-electron chi connectivity index (χ4n) is 2.80. The highest BCUT2D eigenvalue weighted by molar-refractivity contribution is 6.46. The van der Waals surface area contributed by atoms with Gasteiger partial charge in [0.05, 0.1) is 12.5 Å². The number of halogens is 2. The average molecular weight is 460 g/mol. The van der Waals surface area contributed by atoms with Crippen LogP contribution < -0.4 is 15.4 Å². The number of alkyl halides is 2. The largest absolute Gasteiger partial charge is 0.460 e. The first-order chi connectivity index (χ1) is 14.0. The van der Waals surface area contributed by atoms with E-state index >= 15 is 0 Å². The van der Waals surface area contributed by atoms with Crippen LogP contribution in [0.3, 0.4) is 0 Å². The van der Waals surface area contributed by atoms with Crippen LogP contribution in [0.2, 0.25) is 6.82 Å². The van der Waals surface area contributed by atoms with Gasteiger partial charge in [0.2, 0.25) is 5.91 Å². The first kappa shape index (κ1) is 26.6. The number of hydrogen-bond donors (Lipinski definition) is 3. The Kier molecular flexibility index (Phi) is 11.0. The van der Waals surface area contributed by atoms with Gasteiger partial charge in [-0.2, -0.15) is 0 Å². The van der Waals surface area contributed by atoms with Crippen LogP contribution in [-0.2, 0) is 14.3 Å². The number of carbonyl (C=O) groups excluding carboxylic acids is 2. The summed E-state index contributed by atoms with van der Waals surface area (Å²) in [5.41, 5.74) is 1.68. The molecule has 0 bridgehead atoms. The third kappa shape index (κ3) is 9.56. The SMILES string of the molecule is CB(O)N[C@@H](CC(=O)OC(C)(C)C)C(=O)Nc1cc(N(CCCl)CCCl)ccc1C. The van der Waals surface area contributed by atoms with Gasteiger partial charge in [-0.05, 0) is 52.2 Å². The van der Waals surface area contributed by atoms with Crippen LogP contribution in [0.1, 0.15) is 32.8 Å². The van der Waals surface area contributed by atoms with E-state index in [1.165, 1.54) is 6.82 Å². The normalized spacial score (nSPS) is 12.3. The van der Waals surface area contributed by atoms with Crippen molar-refractivity contribution < 1.29 is 19.3 Å². The molecule has 0 fully saturated rings. The van der Waals surface area contributed by atoms with Crippen LogP contribution in [0.5, 0.6) is 0 Å². The van der Waals surface area contributed by atoms with Gasteiger partial charge < -0.3 is 25.2 Å². The van der Waals surface area contributed by atoms with E-state index in [1.54, 1.807) is 20.8 Å². The van der Waals surface area contributed by atoms with Crippen molar-refractivity contribution in [1.29, 1.82) is 0 Å². The fourth-order valence-corrected chi connectivity index (χ4v) is 3.21. The molecule has 1 rings (SSSR count). The zero-order chi connectivity index (χ0) is 22.9. The maximum atomic E-state index is 12.9. The van der Waals surface area contributed by atoms with E-state index in [9.17, 15) is 14.6 Å². The molecule has 0 spiro atoms. The van der Waals surface area contributed by atoms with Gasteiger partial charge >= 0.3 is 13.0 Å². The Balaban J connectivity index is 3.01. The predicted octanol–water partition coefficient (Wildman–Crippen LogP) is 3.02. The molecule has 0 unspecified atom stereocenters. The minimum absolute atomic E-state index is 0.211. The number of nitrogens with one attached hydrogen (secondary N) is 2. The quantitative estimate of drug-likeness (QED) is 0.267. The Morgan fingerprint density at radius 1 is 1.23 bits per heavy atom.